The molecule has 0 spiro atoms. The molecule has 0 bridgehead atoms. The van der Waals surface area contributed by atoms with Crippen LogP contribution in [0.2, 0.25) is 5.02 Å². The van der Waals surface area contributed by atoms with Gasteiger partial charge in [0.25, 0.3) is 5.91 Å². The Bertz CT molecular complexity index is 1180. The Morgan fingerprint density at radius 1 is 1.24 bits per heavy atom. The topological polar surface area (TPSA) is 68.7 Å². The van der Waals surface area contributed by atoms with E-state index in [0.29, 0.717) is 29.0 Å². The van der Waals surface area contributed by atoms with Gasteiger partial charge in [-0.05, 0) is 43.5 Å². The van der Waals surface area contributed by atoms with Gasteiger partial charge in [0.15, 0.2) is 6.61 Å². The third-order valence-electron chi connectivity index (χ3n) is 5.41. The van der Waals surface area contributed by atoms with Gasteiger partial charge in [-0.25, -0.2) is 9.78 Å². The molecule has 0 fully saturated rings. The Kier molecular flexibility index (Phi) is 7.00. The Balaban J connectivity index is 1.61. The predicted octanol–water partition coefficient (Wildman–Crippen LogP) is 5.83. The minimum absolute atomic E-state index is 0.122. The fourth-order valence-electron chi connectivity index (χ4n) is 3.54. The lowest BCUT2D eigenvalue weighted by Crippen LogP contribution is -2.48. The van der Waals surface area contributed by atoms with Crippen molar-refractivity contribution in [2.24, 2.45) is 5.92 Å². The van der Waals surface area contributed by atoms with Crippen LogP contribution in [0.3, 0.4) is 0 Å². The van der Waals surface area contributed by atoms with Crippen molar-refractivity contribution >= 4 is 40.5 Å². The molecule has 8 heteroatoms. The molecule has 0 saturated carbocycles. The van der Waals surface area contributed by atoms with E-state index in [1.165, 1.54) is 16.2 Å². The summed E-state index contributed by atoms with van der Waals surface area (Å²) in [7, 11) is 0. The standard InChI is InChI=1S/C25H25ClN2O4S/c1-15(2)10-11-31-25(30)16(3)28-21-12-17(8-9-22(21)32-13-23(28)29)20-14-33-24(27-20)18-6-4-5-7-19(18)26/h4-9,12,14-16H,10-11,13H2,1-3H3. The number of benzene rings is 2. The normalized spacial score (nSPS) is 14.1. The van der Waals surface area contributed by atoms with Gasteiger partial charge >= 0.3 is 5.97 Å². The highest BCUT2D eigenvalue weighted by Gasteiger charge is 2.34. The second-order valence-electron chi connectivity index (χ2n) is 8.28. The summed E-state index contributed by atoms with van der Waals surface area (Å²) < 4.78 is 11.0. The van der Waals surface area contributed by atoms with E-state index in [4.69, 9.17) is 26.1 Å². The number of hydrogen-bond donors (Lipinski definition) is 0. The summed E-state index contributed by atoms with van der Waals surface area (Å²) in [6.45, 7) is 6.02. The SMILES string of the molecule is CC(C)CCOC(=O)C(C)N1C(=O)COc2ccc(-c3csc(-c4ccccc4Cl)n3)cc21. The third-order valence-corrected chi connectivity index (χ3v) is 6.62. The average Bonchev–Trinajstić information content (AvgIpc) is 3.28. The highest BCUT2D eigenvalue weighted by molar-refractivity contribution is 7.13. The van der Waals surface area contributed by atoms with Crippen LogP contribution >= 0.6 is 22.9 Å². The molecule has 4 rings (SSSR count). The lowest BCUT2D eigenvalue weighted by molar-refractivity contribution is -0.146. The molecule has 6 nitrogen and oxygen atoms in total. The van der Waals surface area contributed by atoms with Crippen molar-refractivity contribution in [1.29, 1.82) is 0 Å². The molecule has 1 aliphatic rings. The number of carbonyl (C=O) groups is 2. The molecule has 1 unspecified atom stereocenters. The van der Waals surface area contributed by atoms with E-state index >= 15 is 0 Å². The predicted molar refractivity (Wildman–Crippen MR) is 131 cm³/mol. The van der Waals surface area contributed by atoms with Crippen molar-refractivity contribution in [2.45, 2.75) is 33.2 Å². The first-order valence-electron chi connectivity index (χ1n) is 10.8. The minimum Gasteiger partial charge on any atom is -0.482 e. The smallest absolute Gasteiger partial charge is 0.328 e. The maximum atomic E-state index is 12.7. The van der Waals surface area contributed by atoms with E-state index in [9.17, 15) is 9.59 Å². The molecule has 33 heavy (non-hydrogen) atoms. The number of thiazole rings is 1. The van der Waals surface area contributed by atoms with Crippen molar-refractivity contribution in [2.75, 3.05) is 18.1 Å². The summed E-state index contributed by atoms with van der Waals surface area (Å²) in [5.41, 5.74) is 2.96. The lowest BCUT2D eigenvalue weighted by Gasteiger charge is -2.33. The van der Waals surface area contributed by atoms with Crippen LogP contribution in [0.1, 0.15) is 27.2 Å². The van der Waals surface area contributed by atoms with E-state index in [0.717, 1.165) is 28.2 Å². The number of rotatable bonds is 7. The molecule has 1 aliphatic heterocycles. The molecule has 172 valence electrons. The number of amides is 1. The molecule has 3 aromatic rings. The number of esters is 1. The average molecular weight is 485 g/mol. The van der Waals surface area contributed by atoms with Gasteiger partial charge in [0, 0.05) is 16.5 Å². The van der Waals surface area contributed by atoms with Gasteiger partial charge in [0.05, 0.1) is 23.0 Å². The molecule has 1 aromatic heterocycles. The van der Waals surface area contributed by atoms with Crippen LogP contribution in [0, 0.1) is 5.92 Å². The second kappa shape index (κ2) is 9.93. The van der Waals surface area contributed by atoms with E-state index in [1.54, 1.807) is 13.0 Å². The number of ether oxygens (including phenoxy) is 2. The monoisotopic (exact) mass is 484 g/mol. The first kappa shape index (κ1) is 23.3. The van der Waals surface area contributed by atoms with Gasteiger partial charge < -0.3 is 9.47 Å². The Morgan fingerprint density at radius 3 is 2.79 bits per heavy atom. The van der Waals surface area contributed by atoms with Crippen LogP contribution < -0.4 is 9.64 Å². The molecule has 1 atom stereocenters. The van der Waals surface area contributed by atoms with Gasteiger partial charge in [-0.2, -0.15) is 0 Å². The number of anilines is 1. The van der Waals surface area contributed by atoms with E-state index < -0.39 is 12.0 Å². The zero-order chi connectivity index (χ0) is 23.5. The number of fused-ring (bicyclic) bond motifs is 1. The number of nitrogens with zero attached hydrogens (tertiary/aromatic N) is 2. The van der Waals surface area contributed by atoms with E-state index in [2.05, 4.69) is 13.8 Å². The molecular formula is C25H25ClN2O4S. The first-order chi connectivity index (χ1) is 15.8. The Morgan fingerprint density at radius 2 is 2.03 bits per heavy atom. The molecule has 0 radical (unpaired) electrons. The number of hydrogen-bond acceptors (Lipinski definition) is 6. The van der Waals surface area contributed by atoms with Gasteiger partial charge in [-0.15, -0.1) is 11.3 Å². The van der Waals surface area contributed by atoms with Crippen LogP contribution in [0.15, 0.2) is 47.8 Å². The zero-order valence-corrected chi connectivity index (χ0v) is 20.3. The van der Waals surface area contributed by atoms with Gasteiger partial charge in [-0.1, -0.05) is 43.6 Å². The molecule has 2 aromatic carbocycles. The highest BCUT2D eigenvalue weighted by atomic mass is 35.5. The summed E-state index contributed by atoms with van der Waals surface area (Å²) in [5.74, 6) is 0.247. The van der Waals surface area contributed by atoms with Crippen molar-refractivity contribution < 1.29 is 19.1 Å². The maximum absolute atomic E-state index is 12.7. The highest BCUT2D eigenvalue weighted by Crippen LogP contribution is 2.39. The Hall–Kier alpha value is -2.90. The summed E-state index contributed by atoms with van der Waals surface area (Å²) in [6, 6.07) is 12.3. The third kappa shape index (κ3) is 5.04. The van der Waals surface area contributed by atoms with Gasteiger partial charge in [0.2, 0.25) is 0 Å². The first-order valence-corrected chi connectivity index (χ1v) is 12.1. The van der Waals surface area contributed by atoms with Crippen LogP contribution in [-0.2, 0) is 14.3 Å². The van der Waals surface area contributed by atoms with Crippen LogP contribution in [0.5, 0.6) is 5.75 Å². The zero-order valence-electron chi connectivity index (χ0n) is 18.7. The van der Waals surface area contributed by atoms with Crippen LogP contribution in [-0.4, -0.2) is 36.1 Å². The fraction of sp³-hybridized carbons (Fsp3) is 0.320. The molecule has 0 aliphatic carbocycles. The van der Waals surface area contributed by atoms with Crippen molar-refractivity contribution in [3.8, 4) is 27.6 Å². The molecule has 2 heterocycles. The Labute approximate surface area is 202 Å². The number of aromatic nitrogens is 1. The summed E-state index contributed by atoms with van der Waals surface area (Å²) in [6.07, 6.45) is 0.772. The van der Waals surface area contributed by atoms with Gasteiger partial charge in [-0.3, -0.25) is 9.69 Å². The summed E-state index contributed by atoms with van der Waals surface area (Å²) in [5, 5.41) is 3.39. The van der Waals surface area contributed by atoms with Crippen molar-refractivity contribution in [3.05, 3.63) is 52.9 Å². The molecule has 1 amide bonds. The maximum Gasteiger partial charge on any atom is 0.328 e. The van der Waals surface area contributed by atoms with E-state index in [1.807, 2.05) is 41.8 Å². The fourth-order valence-corrected chi connectivity index (χ4v) is 4.69. The molecular weight excluding hydrogens is 460 g/mol. The van der Waals surface area contributed by atoms with Crippen molar-refractivity contribution in [1.82, 2.24) is 4.98 Å². The summed E-state index contributed by atoms with van der Waals surface area (Å²) >= 11 is 7.82. The number of carbonyl (C=O) groups excluding carboxylic acids is 2. The van der Waals surface area contributed by atoms with Crippen LogP contribution in [0.25, 0.3) is 21.8 Å². The minimum atomic E-state index is -0.767. The largest absolute Gasteiger partial charge is 0.482 e. The number of halogens is 1. The van der Waals surface area contributed by atoms with Crippen molar-refractivity contribution in [3.63, 3.8) is 0 Å². The molecule has 0 saturated heterocycles. The van der Waals surface area contributed by atoms with Crippen LogP contribution in [0.4, 0.5) is 5.69 Å². The summed E-state index contributed by atoms with van der Waals surface area (Å²) in [4.78, 5) is 31.6. The second-order valence-corrected chi connectivity index (χ2v) is 9.54. The quantitative estimate of drug-likeness (QED) is 0.394. The van der Waals surface area contributed by atoms with Gasteiger partial charge in [0.1, 0.15) is 16.8 Å². The van der Waals surface area contributed by atoms with E-state index in [-0.39, 0.29) is 12.5 Å². The molecule has 0 N–H and O–H groups in total. The lowest BCUT2D eigenvalue weighted by atomic mass is 10.1.